The maximum atomic E-state index is 14.5. The summed E-state index contributed by atoms with van der Waals surface area (Å²) in [5.74, 6) is -3.38. The van der Waals surface area contributed by atoms with Crippen LogP contribution in [0.5, 0.6) is 0 Å². The van der Waals surface area contributed by atoms with Gasteiger partial charge in [0.05, 0.1) is 6.33 Å². The predicted octanol–water partition coefficient (Wildman–Crippen LogP) is 0.675. The van der Waals surface area contributed by atoms with Gasteiger partial charge in [-0.1, -0.05) is 12.2 Å². The van der Waals surface area contributed by atoms with E-state index >= 15 is 0 Å². The number of allylic oxidation sites excluding steroid dienone is 1. The molecule has 0 saturated carbocycles. The lowest BCUT2D eigenvalue weighted by Crippen LogP contribution is -2.37. The molecule has 0 amide bonds. The average Bonchev–Trinajstić information content (AvgIpc) is 2.97. The van der Waals surface area contributed by atoms with Crippen LogP contribution in [-0.4, -0.2) is 47.7 Å². The Morgan fingerprint density at radius 2 is 2.09 bits per heavy atom. The van der Waals surface area contributed by atoms with Gasteiger partial charge in [-0.25, -0.2) is 23.7 Å². The van der Waals surface area contributed by atoms with Crippen molar-refractivity contribution in [2.24, 2.45) is 0 Å². The van der Waals surface area contributed by atoms with Crippen molar-refractivity contribution >= 4 is 24.6 Å². The highest BCUT2D eigenvalue weighted by Gasteiger charge is 2.51. The average molecular weight is 347 g/mol. The van der Waals surface area contributed by atoms with Crippen LogP contribution in [0.2, 0.25) is 0 Å². The normalized spacial score (nSPS) is 23.7. The van der Waals surface area contributed by atoms with Gasteiger partial charge in [0.25, 0.3) is 0 Å². The predicted molar refractivity (Wildman–Crippen MR) is 74.6 cm³/mol. The molecule has 0 radical (unpaired) electrons. The van der Waals surface area contributed by atoms with E-state index in [-0.39, 0.29) is 17.0 Å². The number of imidazole rings is 1. The number of aromatic nitrogens is 4. The molecule has 12 heteroatoms. The summed E-state index contributed by atoms with van der Waals surface area (Å²) in [5.41, 5.74) is 5.93. The van der Waals surface area contributed by atoms with E-state index in [1.165, 1.54) is 6.08 Å². The number of nitrogen functional groups attached to an aromatic ring is 1. The SMILES string of the molecule is Nc1ncnc2c1ncn2[C@H]1C=C[C@@H](OCP(=O)(O)O)C1(F)F. The molecule has 9 nitrogen and oxygen atoms in total. The maximum Gasteiger partial charge on any atom is 0.351 e. The molecular formula is C11H12F2N5O4P. The number of fused-ring (bicyclic) bond motifs is 1. The number of anilines is 1. The molecule has 23 heavy (non-hydrogen) atoms. The third-order valence-corrected chi connectivity index (χ3v) is 3.84. The Kier molecular flexibility index (Phi) is 3.68. The second kappa shape index (κ2) is 5.31. The van der Waals surface area contributed by atoms with E-state index in [1.54, 1.807) is 0 Å². The molecule has 2 aromatic rings. The molecule has 2 aromatic heterocycles. The lowest BCUT2D eigenvalue weighted by molar-refractivity contribution is -0.119. The minimum absolute atomic E-state index is 0.0633. The van der Waals surface area contributed by atoms with Gasteiger partial charge in [0, 0.05) is 0 Å². The zero-order valence-corrected chi connectivity index (χ0v) is 12.3. The molecule has 2 atom stereocenters. The van der Waals surface area contributed by atoms with Crippen molar-refractivity contribution in [3.8, 4) is 0 Å². The molecule has 0 fully saturated rings. The van der Waals surface area contributed by atoms with Gasteiger partial charge in [0.1, 0.15) is 30.3 Å². The van der Waals surface area contributed by atoms with Crippen molar-refractivity contribution in [2.45, 2.75) is 18.1 Å². The van der Waals surface area contributed by atoms with Crippen LogP contribution in [0.1, 0.15) is 6.04 Å². The molecular weight excluding hydrogens is 335 g/mol. The van der Waals surface area contributed by atoms with E-state index in [0.29, 0.717) is 0 Å². The first-order valence-corrected chi connectivity index (χ1v) is 8.15. The largest absolute Gasteiger partial charge is 0.382 e. The van der Waals surface area contributed by atoms with E-state index in [0.717, 1.165) is 23.3 Å². The zero-order chi connectivity index (χ0) is 16.8. The first kappa shape index (κ1) is 15.9. The molecule has 0 aliphatic heterocycles. The summed E-state index contributed by atoms with van der Waals surface area (Å²) < 4.78 is 45.5. The first-order chi connectivity index (χ1) is 10.7. The molecule has 0 spiro atoms. The number of ether oxygens (including phenoxy) is 1. The fourth-order valence-corrected chi connectivity index (χ4v) is 2.68. The summed E-state index contributed by atoms with van der Waals surface area (Å²) in [4.78, 5) is 29.0. The minimum atomic E-state index is -4.55. The Bertz CT molecular complexity index is 820. The van der Waals surface area contributed by atoms with Gasteiger partial charge >= 0.3 is 13.5 Å². The molecule has 3 rings (SSSR count). The van der Waals surface area contributed by atoms with Crippen molar-refractivity contribution in [2.75, 3.05) is 12.1 Å². The molecule has 0 saturated heterocycles. The number of hydrogen-bond donors (Lipinski definition) is 3. The van der Waals surface area contributed by atoms with Crippen molar-refractivity contribution in [1.29, 1.82) is 0 Å². The second-order valence-electron chi connectivity index (χ2n) is 4.97. The second-order valence-corrected chi connectivity index (χ2v) is 6.56. The van der Waals surface area contributed by atoms with Gasteiger partial charge in [0.2, 0.25) is 0 Å². The van der Waals surface area contributed by atoms with Gasteiger partial charge in [-0.3, -0.25) is 4.57 Å². The standard InChI is InChI=1S/C11H12F2N5O4P/c12-11(13)6(1-2-7(11)22-5-23(19,20)21)18-4-17-8-9(14)15-3-16-10(8)18/h1-4,6-7H,5H2,(H2,14,15,16)(H2,19,20,21)/t6-,7+/m0/s1. The van der Waals surface area contributed by atoms with Crippen LogP contribution < -0.4 is 5.73 Å². The number of nitrogens with two attached hydrogens (primary N) is 1. The van der Waals surface area contributed by atoms with E-state index in [1.807, 2.05) is 0 Å². The topological polar surface area (TPSA) is 136 Å². The molecule has 2 heterocycles. The van der Waals surface area contributed by atoms with Gasteiger partial charge in [-0.05, 0) is 0 Å². The highest BCUT2D eigenvalue weighted by molar-refractivity contribution is 7.51. The highest BCUT2D eigenvalue weighted by atomic mass is 31.2. The fraction of sp³-hybridized carbons (Fsp3) is 0.364. The lowest BCUT2D eigenvalue weighted by Gasteiger charge is -2.26. The third kappa shape index (κ3) is 2.83. The number of halogens is 2. The Morgan fingerprint density at radius 3 is 2.78 bits per heavy atom. The van der Waals surface area contributed by atoms with E-state index in [9.17, 15) is 13.3 Å². The number of rotatable bonds is 4. The van der Waals surface area contributed by atoms with Crippen LogP contribution in [0.4, 0.5) is 14.6 Å². The van der Waals surface area contributed by atoms with Crippen LogP contribution >= 0.6 is 7.60 Å². The van der Waals surface area contributed by atoms with Gasteiger partial charge < -0.3 is 24.8 Å². The summed E-state index contributed by atoms with van der Waals surface area (Å²) in [6.45, 7) is 0. The van der Waals surface area contributed by atoms with Crippen molar-refractivity contribution in [3.05, 3.63) is 24.8 Å². The zero-order valence-electron chi connectivity index (χ0n) is 11.5. The minimum Gasteiger partial charge on any atom is -0.382 e. The molecule has 1 aliphatic carbocycles. The highest BCUT2D eigenvalue weighted by Crippen LogP contribution is 2.44. The molecule has 0 unspecified atom stereocenters. The fourth-order valence-electron chi connectivity index (χ4n) is 2.33. The quantitative estimate of drug-likeness (QED) is 0.542. The van der Waals surface area contributed by atoms with Crippen molar-refractivity contribution in [3.63, 3.8) is 0 Å². The Hall–Kier alpha value is -1.94. The van der Waals surface area contributed by atoms with E-state index in [2.05, 4.69) is 19.7 Å². The molecule has 1 aliphatic rings. The summed E-state index contributed by atoms with van der Waals surface area (Å²) >= 11 is 0. The van der Waals surface area contributed by atoms with E-state index in [4.69, 9.17) is 15.5 Å². The Morgan fingerprint density at radius 1 is 1.35 bits per heavy atom. The summed E-state index contributed by atoms with van der Waals surface area (Å²) in [5, 5.41) is 0. The smallest absolute Gasteiger partial charge is 0.351 e. The van der Waals surface area contributed by atoms with Crippen LogP contribution in [0, 0.1) is 0 Å². The third-order valence-electron chi connectivity index (χ3n) is 3.35. The number of nitrogens with zero attached hydrogens (tertiary/aromatic N) is 4. The molecule has 4 N–H and O–H groups in total. The summed E-state index contributed by atoms with van der Waals surface area (Å²) in [6, 6.07) is -1.47. The van der Waals surface area contributed by atoms with Crippen LogP contribution in [-0.2, 0) is 9.30 Å². The Balaban J connectivity index is 1.90. The van der Waals surface area contributed by atoms with Gasteiger partial charge in [-0.15, -0.1) is 0 Å². The van der Waals surface area contributed by atoms with Gasteiger partial charge in [-0.2, -0.15) is 0 Å². The monoisotopic (exact) mass is 347 g/mol. The van der Waals surface area contributed by atoms with E-state index < -0.39 is 32.0 Å². The molecule has 0 bridgehead atoms. The molecule has 124 valence electrons. The first-order valence-electron chi connectivity index (χ1n) is 6.35. The lowest BCUT2D eigenvalue weighted by atomic mass is 10.1. The Labute approximate surface area is 128 Å². The van der Waals surface area contributed by atoms with Gasteiger partial charge in [0.15, 0.2) is 11.5 Å². The number of alkyl halides is 2. The van der Waals surface area contributed by atoms with Crippen molar-refractivity contribution < 1.29 is 27.9 Å². The summed E-state index contributed by atoms with van der Waals surface area (Å²) in [6.07, 6.45) is 1.65. The maximum absolute atomic E-state index is 14.5. The van der Waals surface area contributed by atoms with Crippen LogP contribution in [0.3, 0.4) is 0 Å². The van der Waals surface area contributed by atoms with Crippen LogP contribution in [0.15, 0.2) is 24.8 Å². The summed E-state index contributed by atoms with van der Waals surface area (Å²) in [7, 11) is -4.55. The number of hydrogen-bond acceptors (Lipinski definition) is 6. The van der Waals surface area contributed by atoms with Crippen LogP contribution in [0.25, 0.3) is 11.2 Å². The molecule has 0 aromatic carbocycles. The van der Waals surface area contributed by atoms with Crippen molar-refractivity contribution in [1.82, 2.24) is 19.5 Å².